The van der Waals surface area contributed by atoms with Crippen LogP contribution in [-0.4, -0.2) is 15.9 Å². The molecular formula is C13H12F3N3O. The van der Waals surface area contributed by atoms with Crippen molar-refractivity contribution in [3.8, 4) is 11.3 Å². The summed E-state index contributed by atoms with van der Waals surface area (Å²) in [6.07, 6.45) is -4.36. The van der Waals surface area contributed by atoms with Gasteiger partial charge in [0.2, 0.25) is 11.9 Å². The lowest BCUT2D eigenvalue weighted by molar-refractivity contribution is -0.137. The van der Waals surface area contributed by atoms with Crippen molar-refractivity contribution in [3.63, 3.8) is 0 Å². The molecule has 20 heavy (non-hydrogen) atoms. The summed E-state index contributed by atoms with van der Waals surface area (Å²) in [6.45, 7) is 3.07. The molecule has 2 rings (SSSR count). The van der Waals surface area contributed by atoms with Crippen molar-refractivity contribution in [1.29, 1.82) is 0 Å². The van der Waals surface area contributed by atoms with Gasteiger partial charge >= 0.3 is 6.18 Å². The number of rotatable bonds is 2. The molecule has 1 aromatic heterocycles. The molecule has 1 aromatic carbocycles. The highest BCUT2D eigenvalue weighted by molar-refractivity contribution is 5.87. The summed E-state index contributed by atoms with van der Waals surface area (Å²) >= 11 is 0. The lowest BCUT2D eigenvalue weighted by atomic mass is 10.1. The molecule has 0 spiro atoms. The number of H-pyrrole nitrogens is 1. The second kappa shape index (κ2) is 4.99. The number of nitrogens with zero attached hydrogens (tertiary/aromatic N) is 1. The summed E-state index contributed by atoms with van der Waals surface area (Å²) in [5.41, 5.74) is 0.996. The van der Waals surface area contributed by atoms with Crippen molar-refractivity contribution in [2.24, 2.45) is 0 Å². The van der Waals surface area contributed by atoms with Crippen molar-refractivity contribution < 1.29 is 18.0 Å². The van der Waals surface area contributed by atoms with Crippen LogP contribution in [0.2, 0.25) is 0 Å². The van der Waals surface area contributed by atoms with Gasteiger partial charge in [-0.1, -0.05) is 12.1 Å². The highest BCUT2D eigenvalue weighted by Gasteiger charge is 2.30. The van der Waals surface area contributed by atoms with Crippen molar-refractivity contribution in [1.82, 2.24) is 9.97 Å². The first-order valence-electron chi connectivity index (χ1n) is 5.79. The van der Waals surface area contributed by atoms with Gasteiger partial charge in [-0.3, -0.25) is 10.1 Å². The van der Waals surface area contributed by atoms with Gasteiger partial charge in [-0.25, -0.2) is 4.98 Å². The fraction of sp³-hybridized carbons (Fsp3) is 0.231. The van der Waals surface area contributed by atoms with Crippen LogP contribution < -0.4 is 5.32 Å². The minimum absolute atomic E-state index is 0.268. The van der Waals surface area contributed by atoms with Crippen molar-refractivity contribution in [2.45, 2.75) is 20.0 Å². The number of carbonyl (C=O) groups is 1. The van der Waals surface area contributed by atoms with Crippen LogP contribution in [0.3, 0.4) is 0 Å². The molecule has 0 unspecified atom stereocenters. The lowest BCUT2D eigenvalue weighted by Gasteiger charge is -2.06. The Labute approximate surface area is 113 Å². The summed E-state index contributed by atoms with van der Waals surface area (Å²) in [7, 11) is 0. The minimum atomic E-state index is -4.36. The van der Waals surface area contributed by atoms with Gasteiger partial charge in [0.25, 0.3) is 0 Å². The molecule has 106 valence electrons. The maximum atomic E-state index is 12.5. The van der Waals surface area contributed by atoms with Crippen LogP contribution in [0.15, 0.2) is 24.3 Å². The van der Waals surface area contributed by atoms with Crippen LogP contribution in [0, 0.1) is 6.92 Å². The SMILES string of the molecule is CC(=O)Nc1nc(-c2ccc(C(F)(F)F)cc2)c(C)[nH]1. The van der Waals surface area contributed by atoms with Gasteiger partial charge < -0.3 is 4.98 Å². The number of anilines is 1. The van der Waals surface area contributed by atoms with Gasteiger partial charge in [0, 0.05) is 18.2 Å². The van der Waals surface area contributed by atoms with E-state index in [1.807, 2.05) is 0 Å². The van der Waals surface area contributed by atoms with E-state index in [4.69, 9.17) is 0 Å². The maximum absolute atomic E-state index is 12.5. The first-order chi connectivity index (χ1) is 9.27. The topological polar surface area (TPSA) is 57.8 Å². The van der Waals surface area contributed by atoms with E-state index in [2.05, 4.69) is 15.3 Å². The van der Waals surface area contributed by atoms with Gasteiger partial charge in [0.1, 0.15) is 0 Å². The summed E-state index contributed by atoms with van der Waals surface area (Å²) in [6, 6.07) is 4.70. The summed E-state index contributed by atoms with van der Waals surface area (Å²) < 4.78 is 37.4. The molecule has 0 atom stereocenters. The van der Waals surface area contributed by atoms with Crippen LogP contribution in [0.5, 0.6) is 0 Å². The molecule has 0 aliphatic rings. The van der Waals surface area contributed by atoms with E-state index in [-0.39, 0.29) is 11.9 Å². The molecule has 0 saturated carbocycles. The van der Waals surface area contributed by atoms with E-state index in [0.717, 1.165) is 12.1 Å². The number of imidazole rings is 1. The van der Waals surface area contributed by atoms with E-state index >= 15 is 0 Å². The van der Waals surface area contributed by atoms with E-state index in [9.17, 15) is 18.0 Å². The molecule has 2 aromatic rings. The number of hydrogen-bond donors (Lipinski definition) is 2. The first kappa shape index (κ1) is 14.1. The number of aromatic amines is 1. The third kappa shape index (κ3) is 2.98. The third-order valence-electron chi connectivity index (χ3n) is 2.66. The minimum Gasteiger partial charge on any atom is -0.328 e. The Morgan fingerprint density at radius 2 is 1.85 bits per heavy atom. The van der Waals surface area contributed by atoms with Crippen LogP contribution in [0.4, 0.5) is 19.1 Å². The number of halogens is 3. The Balaban J connectivity index is 2.32. The molecule has 0 fully saturated rings. The van der Waals surface area contributed by atoms with Crippen molar-refractivity contribution in [3.05, 3.63) is 35.5 Å². The van der Waals surface area contributed by atoms with Crippen molar-refractivity contribution in [2.75, 3.05) is 5.32 Å². The monoisotopic (exact) mass is 283 g/mol. The van der Waals surface area contributed by atoms with Gasteiger partial charge in [0.15, 0.2) is 0 Å². The third-order valence-corrected chi connectivity index (χ3v) is 2.66. The standard InChI is InChI=1S/C13H12F3N3O/c1-7-11(19-12(17-7)18-8(2)20)9-3-5-10(6-4-9)13(14,15)16/h3-6H,1-2H3,(H2,17,18,19,20). The zero-order valence-electron chi connectivity index (χ0n) is 10.8. The lowest BCUT2D eigenvalue weighted by Crippen LogP contribution is -2.07. The number of carbonyl (C=O) groups excluding carboxylic acids is 1. The smallest absolute Gasteiger partial charge is 0.328 e. The molecule has 0 aliphatic heterocycles. The highest BCUT2D eigenvalue weighted by Crippen LogP contribution is 2.31. The Morgan fingerprint density at radius 1 is 1.25 bits per heavy atom. The molecular weight excluding hydrogens is 271 g/mol. The Hall–Kier alpha value is -2.31. The zero-order valence-corrected chi connectivity index (χ0v) is 10.8. The molecule has 4 nitrogen and oxygen atoms in total. The van der Waals surface area contributed by atoms with Crippen LogP contribution in [0.1, 0.15) is 18.2 Å². The zero-order chi connectivity index (χ0) is 14.9. The molecule has 0 radical (unpaired) electrons. The van der Waals surface area contributed by atoms with Crippen LogP contribution >= 0.6 is 0 Å². The number of aryl methyl sites for hydroxylation is 1. The molecule has 2 N–H and O–H groups in total. The average molecular weight is 283 g/mol. The number of amides is 1. The fourth-order valence-electron chi connectivity index (χ4n) is 1.78. The predicted molar refractivity (Wildman–Crippen MR) is 68.1 cm³/mol. The predicted octanol–water partition coefficient (Wildman–Crippen LogP) is 3.36. The maximum Gasteiger partial charge on any atom is 0.416 e. The van der Waals surface area contributed by atoms with Gasteiger partial charge in [-0.2, -0.15) is 13.2 Å². The second-order valence-electron chi connectivity index (χ2n) is 4.32. The normalized spacial score (nSPS) is 11.4. The van der Waals surface area contributed by atoms with Crippen LogP contribution in [0.25, 0.3) is 11.3 Å². The molecule has 0 bridgehead atoms. The van der Waals surface area contributed by atoms with Crippen molar-refractivity contribution >= 4 is 11.9 Å². The molecule has 0 saturated heterocycles. The molecule has 7 heteroatoms. The summed E-state index contributed by atoms with van der Waals surface area (Å²) in [5, 5.41) is 2.49. The second-order valence-corrected chi connectivity index (χ2v) is 4.32. The van der Waals surface area contributed by atoms with E-state index < -0.39 is 11.7 Å². The highest BCUT2D eigenvalue weighted by atomic mass is 19.4. The van der Waals surface area contributed by atoms with Gasteiger partial charge in [-0.05, 0) is 19.1 Å². The number of alkyl halides is 3. The Kier molecular flexibility index (Phi) is 3.52. The van der Waals surface area contributed by atoms with E-state index in [1.165, 1.54) is 19.1 Å². The fourth-order valence-corrected chi connectivity index (χ4v) is 1.78. The first-order valence-corrected chi connectivity index (χ1v) is 5.79. The summed E-state index contributed by atoms with van der Waals surface area (Å²) in [5.74, 6) is -0.0115. The quantitative estimate of drug-likeness (QED) is 0.887. The number of hydrogen-bond acceptors (Lipinski definition) is 2. The molecule has 1 heterocycles. The number of benzene rings is 1. The van der Waals surface area contributed by atoms with E-state index in [1.54, 1.807) is 6.92 Å². The van der Waals surface area contributed by atoms with E-state index in [0.29, 0.717) is 17.0 Å². The Bertz CT molecular complexity index is 629. The average Bonchev–Trinajstić information content (AvgIpc) is 2.68. The van der Waals surface area contributed by atoms with Gasteiger partial charge in [-0.15, -0.1) is 0 Å². The molecule has 0 aliphatic carbocycles. The summed E-state index contributed by atoms with van der Waals surface area (Å²) in [4.78, 5) is 17.9. The molecule has 1 amide bonds. The number of nitrogens with one attached hydrogen (secondary N) is 2. The van der Waals surface area contributed by atoms with Crippen LogP contribution in [-0.2, 0) is 11.0 Å². The Morgan fingerprint density at radius 3 is 2.35 bits per heavy atom. The largest absolute Gasteiger partial charge is 0.416 e. The number of aromatic nitrogens is 2. The van der Waals surface area contributed by atoms with Gasteiger partial charge in [0.05, 0.1) is 11.3 Å².